The van der Waals surface area contributed by atoms with Crippen LogP contribution in [0.2, 0.25) is 5.02 Å². The summed E-state index contributed by atoms with van der Waals surface area (Å²) in [7, 11) is 3.56. The Morgan fingerprint density at radius 1 is 1.23 bits per heavy atom. The maximum absolute atomic E-state index is 6.46. The molecule has 3 nitrogen and oxygen atoms in total. The van der Waals surface area contributed by atoms with Gasteiger partial charge in [-0.2, -0.15) is 0 Å². The first-order valence-corrected chi connectivity index (χ1v) is 11.3. The van der Waals surface area contributed by atoms with E-state index in [-0.39, 0.29) is 32.8 Å². The highest BCUT2D eigenvalue weighted by atomic mass is 35.5. The summed E-state index contributed by atoms with van der Waals surface area (Å²) in [5.41, 5.74) is 2.41. The van der Waals surface area contributed by atoms with Gasteiger partial charge in [0, 0.05) is 37.1 Å². The highest BCUT2D eigenvalue weighted by Gasteiger charge is 2.46. The van der Waals surface area contributed by atoms with Crippen LogP contribution >= 0.6 is 11.6 Å². The molecule has 0 N–H and O–H groups in total. The maximum atomic E-state index is 6.46. The van der Waals surface area contributed by atoms with E-state index < -0.39 is 0 Å². The normalized spacial score (nSPS) is 23.0. The zero-order valence-corrected chi connectivity index (χ0v) is 18.8. The largest absolute Gasteiger partial charge is 0.355 e. The molecule has 1 aliphatic rings. The molecule has 1 aromatic carbocycles. The van der Waals surface area contributed by atoms with E-state index in [1.807, 2.05) is 6.07 Å². The number of rotatable bonds is 7. The maximum Gasteiger partial charge on any atom is 0.215 e. The molecule has 3 atom stereocenters. The molecule has 1 aliphatic carbocycles. The predicted octanol–water partition coefficient (Wildman–Crippen LogP) is 4.94. The van der Waals surface area contributed by atoms with Crippen LogP contribution in [-0.2, 0) is 36.9 Å². The van der Waals surface area contributed by atoms with Crippen molar-refractivity contribution in [2.45, 2.75) is 68.8 Å². The molecule has 0 saturated carbocycles. The van der Waals surface area contributed by atoms with E-state index in [1.165, 1.54) is 11.1 Å². The molecule has 0 heterocycles. The zero-order chi connectivity index (χ0) is 19.5. The highest BCUT2D eigenvalue weighted by Crippen LogP contribution is 2.43. The molecule has 1 aromatic rings. The summed E-state index contributed by atoms with van der Waals surface area (Å²) in [5.74, 6) is 0. The molecular weight excluding hydrogens is 368 g/mol. The fourth-order valence-electron chi connectivity index (χ4n) is 3.86. The van der Waals surface area contributed by atoms with Crippen LogP contribution in [-0.4, -0.2) is 43.6 Å². The van der Waals surface area contributed by atoms with E-state index >= 15 is 0 Å². The Kier molecular flexibility index (Phi) is 7.48. The van der Waals surface area contributed by atoms with Crippen LogP contribution in [0.15, 0.2) is 18.2 Å². The van der Waals surface area contributed by atoms with Gasteiger partial charge in [-0.25, -0.2) is 0 Å². The molecule has 0 radical (unpaired) electrons. The van der Waals surface area contributed by atoms with Crippen molar-refractivity contribution in [3.8, 4) is 0 Å². The fourth-order valence-corrected chi connectivity index (χ4v) is 5.32. The molecule has 0 aromatic heterocycles. The third-order valence-corrected chi connectivity index (χ3v) is 8.89. The number of ether oxygens (including phenoxy) is 3. The number of methoxy groups -OCH3 is 2. The van der Waals surface area contributed by atoms with Gasteiger partial charge < -0.3 is 14.2 Å². The lowest BCUT2D eigenvalue weighted by Gasteiger charge is -2.43. The van der Waals surface area contributed by atoms with E-state index in [0.29, 0.717) is 6.61 Å². The Morgan fingerprint density at radius 2 is 1.88 bits per heavy atom. The Labute approximate surface area is 167 Å². The van der Waals surface area contributed by atoms with Crippen molar-refractivity contribution in [2.24, 2.45) is 0 Å². The minimum atomic E-state index is -0.344. The van der Waals surface area contributed by atoms with Gasteiger partial charge in [0.05, 0.1) is 12.0 Å². The number of benzene rings is 1. The topological polar surface area (TPSA) is 27.7 Å². The van der Waals surface area contributed by atoms with E-state index in [0.717, 1.165) is 24.3 Å². The Balaban J connectivity index is 2.34. The lowest BCUT2D eigenvalue weighted by molar-refractivity contribution is -0.170. The van der Waals surface area contributed by atoms with E-state index in [2.05, 4.69) is 46.1 Å². The van der Waals surface area contributed by atoms with Crippen molar-refractivity contribution >= 4 is 22.5 Å². The van der Waals surface area contributed by atoms with Crippen LogP contribution in [0.25, 0.3) is 0 Å². The molecule has 0 spiro atoms. The van der Waals surface area contributed by atoms with Gasteiger partial charge in [0.15, 0.2) is 6.29 Å². The molecule has 5 heteroatoms. The molecule has 26 heavy (non-hydrogen) atoms. The second kappa shape index (κ2) is 8.83. The quantitative estimate of drug-likeness (QED) is 0.478. The van der Waals surface area contributed by atoms with E-state index in [9.17, 15) is 0 Å². The minimum absolute atomic E-state index is 0.142. The van der Waals surface area contributed by atoms with Crippen LogP contribution in [0, 0.1) is 0 Å². The predicted molar refractivity (Wildman–Crippen MR) is 112 cm³/mol. The monoisotopic (exact) mass is 401 g/mol. The molecule has 0 aliphatic heterocycles. The van der Waals surface area contributed by atoms with Gasteiger partial charge in [0.1, 0.15) is 11.0 Å². The Bertz CT molecular complexity index is 597. The third-order valence-electron chi connectivity index (χ3n) is 5.59. The number of hydrogen-bond acceptors (Lipinski definition) is 3. The van der Waals surface area contributed by atoms with Gasteiger partial charge in [-0.1, -0.05) is 17.7 Å². The van der Waals surface area contributed by atoms with Gasteiger partial charge in [-0.3, -0.25) is 0 Å². The average molecular weight is 402 g/mol. The van der Waals surface area contributed by atoms with Crippen molar-refractivity contribution in [1.82, 2.24) is 0 Å². The van der Waals surface area contributed by atoms with E-state index in [1.54, 1.807) is 14.2 Å². The first-order chi connectivity index (χ1) is 12.2. The zero-order valence-electron chi connectivity index (χ0n) is 17.2. The minimum Gasteiger partial charge on any atom is -0.355 e. The second-order valence-corrected chi connectivity index (χ2v) is 11.6. The molecular formula is C21H34ClO3S+. The van der Waals surface area contributed by atoms with Crippen molar-refractivity contribution < 1.29 is 14.2 Å². The molecule has 1 unspecified atom stereocenters. The first kappa shape index (κ1) is 22.0. The Hall–Kier alpha value is -0.260. The molecule has 148 valence electrons. The van der Waals surface area contributed by atoms with Gasteiger partial charge in [-0.15, -0.1) is 0 Å². The van der Waals surface area contributed by atoms with Crippen LogP contribution in [0.1, 0.15) is 51.7 Å². The van der Waals surface area contributed by atoms with Crippen LogP contribution in [0.3, 0.4) is 0 Å². The second-order valence-electron chi connectivity index (χ2n) is 8.16. The van der Waals surface area contributed by atoms with Crippen molar-refractivity contribution in [1.29, 1.82) is 0 Å². The number of hydrogen-bond donors (Lipinski definition) is 0. The van der Waals surface area contributed by atoms with E-state index in [4.69, 9.17) is 25.8 Å². The molecule has 0 fully saturated rings. The summed E-state index contributed by atoms with van der Waals surface area (Å²) in [5, 5.41) is 0.781. The smallest absolute Gasteiger partial charge is 0.215 e. The summed E-state index contributed by atoms with van der Waals surface area (Å²) in [6.45, 7) is 9.59. The summed E-state index contributed by atoms with van der Waals surface area (Å²) < 4.78 is 18.2. The SMILES string of the molecule is COC(OC)[C@]1(CO[C@H](C)[S+](C)C(C)(C)C)CCCc2cc(Cl)ccc21. The summed E-state index contributed by atoms with van der Waals surface area (Å²) in [6, 6.07) is 6.17. The third kappa shape index (κ3) is 4.59. The van der Waals surface area contributed by atoms with Gasteiger partial charge in [0.2, 0.25) is 5.44 Å². The summed E-state index contributed by atoms with van der Waals surface area (Å²) >= 11 is 6.24. The lowest BCUT2D eigenvalue weighted by Crippen LogP contribution is -2.49. The van der Waals surface area contributed by atoms with Crippen LogP contribution < -0.4 is 0 Å². The summed E-state index contributed by atoms with van der Waals surface area (Å²) in [6.07, 6.45) is 5.03. The van der Waals surface area contributed by atoms with Crippen LogP contribution in [0.4, 0.5) is 0 Å². The molecule has 0 bridgehead atoms. The fraction of sp³-hybridized carbons (Fsp3) is 0.714. The van der Waals surface area contributed by atoms with Gasteiger partial charge in [0.25, 0.3) is 0 Å². The van der Waals surface area contributed by atoms with Crippen molar-refractivity contribution in [2.75, 3.05) is 27.1 Å². The summed E-state index contributed by atoms with van der Waals surface area (Å²) in [4.78, 5) is 0. The van der Waals surface area contributed by atoms with Gasteiger partial charge >= 0.3 is 0 Å². The number of aryl methyl sites for hydroxylation is 1. The lowest BCUT2D eigenvalue weighted by atomic mass is 9.69. The molecule has 2 rings (SSSR count). The standard InChI is InChI=1S/C21H34ClO3S/c1-15(26(7)20(2,3)4)25-14-21(19(23-5)24-6)12-8-9-16-13-17(22)10-11-18(16)21/h10-11,13,15,19H,8-9,12,14H2,1-7H3/q+1/t15-,21-,26?/m0/s1. The molecule has 0 saturated heterocycles. The molecule has 0 amide bonds. The average Bonchev–Trinajstić information content (AvgIpc) is 2.59. The Morgan fingerprint density at radius 3 is 2.46 bits per heavy atom. The number of halogens is 1. The van der Waals surface area contributed by atoms with Crippen LogP contribution in [0.5, 0.6) is 0 Å². The van der Waals surface area contributed by atoms with Gasteiger partial charge in [-0.05, 0) is 63.3 Å². The number of fused-ring (bicyclic) bond motifs is 1. The van der Waals surface area contributed by atoms with Crippen molar-refractivity contribution in [3.05, 3.63) is 34.3 Å². The highest BCUT2D eigenvalue weighted by molar-refractivity contribution is 7.97. The first-order valence-electron chi connectivity index (χ1n) is 9.26. The van der Waals surface area contributed by atoms with Crippen molar-refractivity contribution in [3.63, 3.8) is 0 Å².